The van der Waals surface area contributed by atoms with E-state index >= 15 is 0 Å². The third-order valence-electron chi connectivity index (χ3n) is 4.82. The minimum absolute atomic E-state index is 0.0424. The Balaban J connectivity index is 1.75. The molecule has 7 nitrogen and oxygen atoms in total. The van der Waals surface area contributed by atoms with E-state index in [0.29, 0.717) is 6.07 Å². The lowest BCUT2D eigenvalue weighted by Crippen LogP contribution is -2.47. The second-order valence-corrected chi connectivity index (χ2v) is 9.84. The Kier molecular flexibility index (Phi) is 5.58. The van der Waals surface area contributed by atoms with Gasteiger partial charge in [-0.05, 0) is 24.5 Å². The highest BCUT2D eigenvalue weighted by Crippen LogP contribution is 2.39. The highest BCUT2D eigenvalue weighted by molar-refractivity contribution is 8.39. The Morgan fingerprint density at radius 3 is 2.79 bits per heavy atom. The summed E-state index contributed by atoms with van der Waals surface area (Å²) in [6.45, 7) is 0. The molecular formula is C19H10Cl2F3N5O2S2. The monoisotopic (exact) mass is 531 g/mol. The van der Waals surface area contributed by atoms with E-state index in [1.807, 2.05) is 6.26 Å². The number of fused-ring (bicyclic) bond motifs is 2. The van der Waals surface area contributed by atoms with Crippen LogP contribution in [0, 0.1) is 0 Å². The minimum Gasteiger partial charge on any atom is -0.401 e. The summed E-state index contributed by atoms with van der Waals surface area (Å²) in [7, 11) is 0. The van der Waals surface area contributed by atoms with Crippen molar-refractivity contribution in [1.82, 2.24) is 19.7 Å². The molecule has 3 aromatic rings. The quantitative estimate of drug-likeness (QED) is 0.501. The number of pyridine rings is 1. The molecule has 0 aromatic carbocycles. The highest BCUT2D eigenvalue weighted by Gasteiger charge is 2.37. The van der Waals surface area contributed by atoms with Gasteiger partial charge in [0.25, 0.3) is 0 Å². The molecular weight excluding hydrogens is 522 g/mol. The van der Waals surface area contributed by atoms with Gasteiger partial charge < -0.3 is 4.42 Å². The van der Waals surface area contributed by atoms with Crippen LogP contribution in [0.15, 0.2) is 38.6 Å². The maximum atomic E-state index is 13.5. The SMILES string of the molecule is CSC1=NC2C=c3c(nc(-c4cc(C(F)(F)F)nn4-c4ncccc4Cl)oc3=O)=C(Cl)C2S1. The minimum atomic E-state index is -4.77. The summed E-state index contributed by atoms with van der Waals surface area (Å²) in [6.07, 6.45) is 0.0548. The van der Waals surface area contributed by atoms with Crippen LogP contribution in [0.1, 0.15) is 5.69 Å². The van der Waals surface area contributed by atoms with Crippen molar-refractivity contribution in [3.63, 3.8) is 0 Å². The highest BCUT2D eigenvalue weighted by atomic mass is 35.5. The zero-order valence-electron chi connectivity index (χ0n) is 16.3. The summed E-state index contributed by atoms with van der Waals surface area (Å²) < 4.78 is 47.3. The molecule has 0 fully saturated rings. The molecule has 0 saturated carbocycles. The second-order valence-electron chi connectivity index (χ2n) is 6.84. The van der Waals surface area contributed by atoms with Gasteiger partial charge in [0.2, 0.25) is 5.89 Å². The lowest BCUT2D eigenvalue weighted by molar-refractivity contribution is -0.141. The van der Waals surface area contributed by atoms with Gasteiger partial charge in [0.05, 0.1) is 31.9 Å². The van der Waals surface area contributed by atoms with E-state index in [0.717, 1.165) is 9.06 Å². The number of nitrogens with zero attached hydrogens (tertiary/aromatic N) is 5. The summed E-state index contributed by atoms with van der Waals surface area (Å²) in [5.74, 6) is -0.486. The molecule has 33 heavy (non-hydrogen) atoms. The van der Waals surface area contributed by atoms with Gasteiger partial charge in [-0.3, -0.25) is 4.99 Å². The second kappa shape index (κ2) is 8.19. The molecule has 0 spiro atoms. The van der Waals surface area contributed by atoms with E-state index < -0.39 is 23.4 Å². The van der Waals surface area contributed by atoms with Gasteiger partial charge in [0, 0.05) is 12.3 Å². The maximum absolute atomic E-state index is 13.5. The third-order valence-corrected chi connectivity index (χ3v) is 7.97. The molecule has 0 radical (unpaired) electrons. The maximum Gasteiger partial charge on any atom is 0.435 e. The van der Waals surface area contributed by atoms with Crippen LogP contribution >= 0.6 is 46.7 Å². The Hall–Kier alpha value is -2.28. The fourth-order valence-corrected chi connectivity index (χ4v) is 5.79. The van der Waals surface area contributed by atoms with Crippen LogP contribution in [0.4, 0.5) is 13.2 Å². The predicted molar refractivity (Wildman–Crippen MR) is 122 cm³/mol. The normalized spacial score (nSPS) is 19.7. The van der Waals surface area contributed by atoms with Gasteiger partial charge in [-0.2, -0.15) is 18.3 Å². The van der Waals surface area contributed by atoms with Crippen molar-refractivity contribution in [1.29, 1.82) is 0 Å². The molecule has 1 aliphatic carbocycles. The molecule has 1 aliphatic heterocycles. The molecule has 0 amide bonds. The van der Waals surface area contributed by atoms with Crippen molar-refractivity contribution < 1.29 is 17.6 Å². The van der Waals surface area contributed by atoms with Crippen LogP contribution in [0.3, 0.4) is 0 Å². The van der Waals surface area contributed by atoms with Gasteiger partial charge in [-0.1, -0.05) is 35.0 Å². The number of aliphatic imine (C=N–C) groups is 1. The molecule has 2 aliphatic rings. The average Bonchev–Trinajstić information content (AvgIpc) is 3.39. The molecule has 2 unspecified atom stereocenters. The van der Waals surface area contributed by atoms with E-state index in [1.165, 1.54) is 41.9 Å². The number of rotatable bonds is 2. The smallest absolute Gasteiger partial charge is 0.401 e. The summed E-state index contributed by atoms with van der Waals surface area (Å²) in [6, 6.07) is 3.31. The first-order valence-corrected chi connectivity index (χ1v) is 12.0. The lowest BCUT2D eigenvalue weighted by atomic mass is 10.1. The van der Waals surface area contributed by atoms with Gasteiger partial charge in [0.1, 0.15) is 10.1 Å². The van der Waals surface area contributed by atoms with E-state index in [-0.39, 0.29) is 43.4 Å². The number of alkyl halides is 3. The summed E-state index contributed by atoms with van der Waals surface area (Å²) in [5, 5.41) is 3.85. The van der Waals surface area contributed by atoms with Gasteiger partial charge in [0.15, 0.2) is 11.5 Å². The Labute approximate surface area is 201 Å². The summed E-state index contributed by atoms with van der Waals surface area (Å²) >= 11 is 15.6. The Morgan fingerprint density at radius 2 is 2.09 bits per heavy atom. The van der Waals surface area contributed by atoms with E-state index in [9.17, 15) is 18.0 Å². The zero-order chi connectivity index (χ0) is 23.5. The van der Waals surface area contributed by atoms with Crippen molar-refractivity contribution in [2.24, 2.45) is 4.99 Å². The van der Waals surface area contributed by atoms with Gasteiger partial charge >= 0.3 is 11.8 Å². The first kappa shape index (κ1) is 22.5. The van der Waals surface area contributed by atoms with Crippen molar-refractivity contribution >= 4 is 62.2 Å². The topological polar surface area (TPSA) is 86.2 Å². The van der Waals surface area contributed by atoms with E-state index in [1.54, 1.807) is 6.08 Å². The third kappa shape index (κ3) is 3.88. The zero-order valence-corrected chi connectivity index (χ0v) is 19.4. The first-order chi connectivity index (χ1) is 15.7. The molecule has 170 valence electrons. The standard InChI is InChI=1S/C19H10Cl2F3N5O2S2/c1-32-18-26-9-5-7-13(12(21)14(9)33-18)27-16(31-17(7)30)10-6-11(19(22,23)24)28-29(10)15-8(20)3-2-4-25-15/h2-6,9,14H,1H3. The van der Waals surface area contributed by atoms with Gasteiger partial charge in [-0.25, -0.2) is 19.4 Å². The number of halogens is 5. The predicted octanol–water partition coefficient (Wildman–Crippen LogP) is 3.30. The average molecular weight is 532 g/mol. The lowest BCUT2D eigenvalue weighted by Gasteiger charge is -2.16. The molecule has 0 saturated heterocycles. The molecule has 5 rings (SSSR count). The molecule has 3 aromatic heterocycles. The molecule has 0 N–H and O–H groups in total. The molecule has 0 bridgehead atoms. The van der Waals surface area contributed by atoms with Crippen LogP contribution in [-0.2, 0) is 6.18 Å². The molecule has 14 heteroatoms. The number of hydrogen-bond acceptors (Lipinski definition) is 8. The summed E-state index contributed by atoms with van der Waals surface area (Å²) in [5.41, 5.74) is -2.29. The number of thioether (sulfide) groups is 2. The fraction of sp³-hybridized carbons (Fsp3) is 0.211. The van der Waals surface area contributed by atoms with E-state index in [2.05, 4.69) is 20.1 Å². The Bertz CT molecular complexity index is 1500. The largest absolute Gasteiger partial charge is 0.435 e. The summed E-state index contributed by atoms with van der Waals surface area (Å²) in [4.78, 5) is 25.6. The number of aromatic nitrogens is 4. The van der Waals surface area contributed by atoms with Crippen LogP contribution in [-0.4, -0.2) is 41.7 Å². The van der Waals surface area contributed by atoms with Crippen LogP contribution in [0.25, 0.3) is 28.5 Å². The fourth-order valence-electron chi connectivity index (χ4n) is 3.36. The van der Waals surface area contributed by atoms with E-state index in [4.69, 9.17) is 27.6 Å². The van der Waals surface area contributed by atoms with Crippen molar-refractivity contribution in [3.8, 4) is 17.4 Å². The first-order valence-electron chi connectivity index (χ1n) is 9.17. The Morgan fingerprint density at radius 1 is 1.30 bits per heavy atom. The van der Waals surface area contributed by atoms with Crippen LogP contribution in [0.5, 0.6) is 0 Å². The number of hydrogen-bond donors (Lipinski definition) is 0. The van der Waals surface area contributed by atoms with Crippen LogP contribution < -0.4 is 16.2 Å². The van der Waals surface area contributed by atoms with Crippen LogP contribution in [0.2, 0.25) is 5.02 Å². The van der Waals surface area contributed by atoms with Crippen molar-refractivity contribution in [2.45, 2.75) is 17.5 Å². The molecule has 4 heterocycles. The van der Waals surface area contributed by atoms with Crippen molar-refractivity contribution in [3.05, 3.63) is 56.1 Å². The van der Waals surface area contributed by atoms with Crippen molar-refractivity contribution in [2.75, 3.05) is 6.26 Å². The van der Waals surface area contributed by atoms with Gasteiger partial charge in [-0.15, -0.1) is 11.8 Å². The molecule has 2 atom stereocenters.